The molecule has 7 nitrogen and oxygen atoms in total. The van der Waals surface area contributed by atoms with Crippen molar-refractivity contribution < 1.29 is 22.8 Å². The highest BCUT2D eigenvalue weighted by molar-refractivity contribution is 5.97. The lowest BCUT2D eigenvalue weighted by Crippen LogP contribution is -2.41. The number of unbranched alkanes of at least 4 members (excludes halogenated alkanes) is 2. The molecule has 0 radical (unpaired) electrons. The first-order valence-corrected chi connectivity index (χ1v) is 12.6. The van der Waals surface area contributed by atoms with Crippen LogP contribution < -0.4 is 10.6 Å². The van der Waals surface area contributed by atoms with E-state index in [-0.39, 0.29) is 18.8 Å². The van der Waals surface area contributed by atoms with Crippen molar-refractivity contribution >= 4 is 23.4 Å². The highest BCUT2D eigenvalue weighted by Gasteiger charge is 2.21. The van der Waals surface area contributed by atoms with Crippen LogP contribution >= 0.6 is 0 Å². The van der Waals surface area contributed by atoms with Gasteiger partial charge in [0, 0.05) is 24.2 Å². The normalized spacial score (nSPS) is 10.8. The van der Waals surface area contributed by atoms with E-state index in [0.29, 0.717) is 29.7 Å². The van der Waals surface area contributed by atoms with E-state index in [9.17, 15) is 22.8 Å². The summed E-state index contributed by atoms with van der Waals surface area (Å²) in [4.78, 5) is 27.4. The molecule has 1 aromatic heterocycles. The Bertz CT molecular complexity index is 1420. The third kappa shape index (κ3) is 7.25. The van der Waals surface area contributed by atoms with E-state index in [2.05, 4.69) is 15.7 Å². The number of hydrogen-bond donors (Lipinski definition) is 2. The predicted octanol–water partition coefficient (Wildman–Crippen LogP) is 6.62. The van der Waals surface area contributed by atoms with Crippen LogP contribution in [0.4, 0.5) is 29.5 Å². The molecule has 4 rings (SSSR count). The van der Waals surface area contributed by atoms with Gasteiger partial charge in [-0.2, -0.15) is 5.10 Å². The van der Waals surface area contributed by atoms with E-state index < -0.39 is 29.4 Å². The Hall–Kier alpha value is -4.60. The summed E-state index contributed by atoms with van der Waals surface area (Å²) in [5, 5.41) is 9.80. The molecule has 202 valence electrons. The van der Waals surface area contributed by atoms with Gasteiger partial charge in [-0.15, -0.1) is 0 Å². The zero-order chi connectivity index (χ0) is 27.8. The van der Waals surface area contributed by atoms with E-state index in [1.54, 1.807) is 6.07 Å². The van der Waals surface area contributed by atoms with Crippen LogP contribution in [-0.2, 0) is 4.79 Å². The van der Waals surface area contributed by atoms with Crippen LogP contribution in [-0.4, -0.2) is 39.7 Å². The molecule has 0 aliphatic rings. The first-order valence-electron chi connectivity index (χ1n) is 12.6. The number of rotatable bonds is 10. The maximum absolute atomic E-state index is 14.1. The molecule has 0 saturated heterocycles. The van der Waals surface area contributed by atoms with Crippen LogP contribution in [0.3, 0.4) is 0 Å². The number of amides is 3. The van der Waals surface area contributed by atoms with Gasteiger partial charge in [0.1, 0.15) is 29.8 Å². The van der Waals surface area contributed by atoms with Crippen molar-refractivity contribution in [3.8, 4) is 16.9 Å². The molecular formula is C29H28F3N5O2. The van der Waals surface area contributed by atoms with Crippen LogP contribution in [0, 0.1) is 17.5 Å². The summed E-state index contributed by atoms with van der Waals surface area (Å²) in [7, 11) is 0. The van der Waals surface area contributed by atoms with Crippen LogP contribution in [0.25, 0.3) is 16.9 Å². The molecular weight excluding hydrogens is 507 g/mol. The van der Waals surface area contributed by atoms with E-state index in [1.807, 2.05) is 37.3 Å². The fourth-order valence-corrected chi connectivity index (χ4v) is 3.95. The summed E-state index contributed by atoms with van der Waals surface area (Å²) in [6.45, 7) is 1.93. The highest BCUT2D eigenvalue weighted by atomic mass is 19.1. The Kier molecular flexibility index (Phi) is 8.98. The summed E-state index contributed by atoms with van der Waals surface area (Å²) in [5.41, 5.74) is 1.73. The molecule has 0 bridgehead atoms. The number of carbonyl (C=O) groups excluding carboxylic acids is 2. The number of benzene rings is 3. The van der Waals surface area contributed by atoms with Gasteiger partial charge in [0.15, 0.2) is 0 Å². The Balaban J connectivity index is 1.55. The molecule has 4 aromatic rings. The van der Waals surface area contributed by atoms with Gasteiger partial charge in [0.05, 0.1) is 17.1 Å². The average Bonchev–Trinajstić information content (AvgIpc) is 3.34. The molecule has 0 fully saturated rings. The first kappa shape index (κ1) is 27.4. The highest BCUT2D eigenvalue weighted by Crippen LogP contribution is 2.25. The second-order valence-corrected chi connectivity index (χ2v) is 8.90. The van der Waals surface area contributed by atoms with Crippen molar-refractivity contribution in [3.05, 3.63) is 96.3 Å². The zero-order valence-corrected chi connectivity index (χ0v) is 21.3. The van der Waals surface area contributed by atoms with Gasteiger partial charge in [0.25, 0.3) is 0 Å². The average molecular weight is 536 g/mol. The summed E-state index contributed by atoms with van der Waals surface area (Å²) in [6, 6.07) is 18.8. The van der Waals surface area contributed by atoms with Gasteiger partial charge in [0.2, 0.25) is 5.91 Å². The number of anilines is 2. The number of urea groups is 1. The topological polar surface area (TPSA) is 79.3 Å². The summed E-state index contributed by atoms with van der Waals surface area (Å²) in [5.74, 6) is -2.28. The van der Waals surface area contributed by atoms with Crippen LogP contribution in [0.2, 0.25) is 0 Å². The minimum Gasteiger partial charge on any atom is -0.315 e. The fourth-order valence-electron chi connectivity index (χ4n) is 3.95. The van der Waals surface area contributed by atoms with Crippen molar-refractivity contribution in [3.63, 3.8) is 0 Å². The van der Waals surface area contributed by atoms with Crippen LogP contribution in [0.15, 0.2) is 78.9 Å². The molecule has 0 spiro atoms. The van der Waals surface area contributed by atoms with Crippen molar-refractivity contribution in [1.29, 1.82) is 0 Å². The molecule has 2 N–H and O–H groups in total. The van der Waals surface area contributed by atoms with Gasteiger partial charge >= 0.3 is 6.03 Å². The van der Waals surface area contributed by atoms with Gasteiger partial charge in [-0.05, 0) is 42.8 Å². The van der Waals surface area contributed by atoms with E-state index in [4.69, 9.17) is 0 Å². The molecule has 10 heteroatoms. The lowest BCUT2D eigenvalue weighted by Gasteiger charge is -2.23. The van der Waals surface area contributed by atoms with Gasteiger partial charge in [-0.3, -0.25) is 4.79 Å². The molecule has 3 aromatic carbocycles. The van der Waals surface area contributed by atoms with Crippen molar-refractivity contribution in [2.45, 2.75) is 26.2 Å². The third-order valence-corrected chi connectivity index (χ3v) is 5.94. The molecule has 0 atom stereocenters. The van der Waals surface area contributed by atoms with E-state index >= 15 is 0 Å². The minimum atomic E-state index is -0.919. The standard InChI is InChI=1S/C29H28F3N5O2/c1-2-3-7-16-36(29(39)33-25-15-12-22(31)17-24(25)32)19-28(38)34-27-18-26(20-8-5-4-6-9-20)35-37(27)23-13-10-21(30)11-14-23/h4-6,8-15,17-18H,2-3,7,16,19H2,1H3,(H,33,39)(H,34,38). The van der Waals surface area contributed by atoms with Crippen molar-refractivity contribution in [2.75, 3.05) is 23.7 Å². The Labute approximate surface area is 224 Å². The molecule has 0 aliphatic carbocycles. The maximum atomic E-state index is 14.1. The number of hydrogen-bond acceptors (Lipinski definition) is 3. The van der Waals surface area contributed by atoms with Crippen LogP contribution in [0.1, 0.15) is 26.2 Å². The Morgan fingerprint density at radius 2 is 1.59 bits per heavy atom. The number of carbonyl (C=O) groups is 2. The van der Waals surface area contributed by atoms with Crippen molar-refractivity contribution in [1.82, 2.24) is 14.7 Å². The third-order valence-electron chi connectivity index (χ3n) is 5.94. The molecule has 0 saturated carbocycles. The van der Waals surface area contributed by atoms with Crippen molar-refractivity contribution in [2.24, 2.45) is 0 Å². The monoisotopic (exact) mass is 535 g/mol. The number of nitrogens with zero attached hydrogens (tertiary/aromatic N) is 3. The number of aromatic nitrogens is 2. The van der Waals surface area contributed by atoms with Crippen LogP contribution in [0.5, 0.6) is 0 Å². The second kappa shape index (κ2) is 12.8. The maximum Gasteiger partial charge on any atom is 0.322 e. The second-order valence-electron chi connectivity index (χ2n) is 8.90. The summed E-state index contributed by atoms with van der Waals surface area (Å²) >= 11 is 0. The Morgan fingerprint density at radius 1 is 0.872 bits per heavy atom. The van der Waals surface area contributed by atoms with E-state index in [0.717, 1.165) is 30.5 Å². The fraction of sp³-hybridized carbons (Fsp3) is 0.207. The first-order chi connectivity index (χ1) is 18.8. The Morgan fingerprint density at radius 3 is 2.28 bits per heavy atom. The molecule has 0 aliphatic heterocycles. The summed E-state index contributed by atoms with van der Waals surface area (Å²) in [6.07, 6.45) is 2.36. The molecule has 39 heavy (non-hydrogen) atoms. The number of halogens is 3. The molecule has 3 amide bonds. The molecule has 0 unspecified atom stereocenters. The quantitative estimate of drug-likeness (QED) is 0.224. The largest absolute Gasteiger partial charge is 0.322 e. The van der Waals surface area contributed by atoms with Gasteiger partial charge < -0.3 is 15.5 Å². The van der Waals surface area contributed by atoms with E-state index in [1.165, 1.54) is 33.8 Å². The van der Waals surface area contributed by atoms with Gasteiger partial charge in [-0.25, -0.2) is 22.6 Å². The SMILES string of the molecule is CCCCCN(CC(=O)Nc1cc(-c2ccccc2)nn1-c1ccc(F)cc1)C(=O)Nc1ccc(F)cc1F. The minimum absolute atomic E-state index is 0.191. The molecule has 1 heterocycles. The lowest BCUT2D eigenvalue weighted by molar-refractivity contribution is -0.116. The summed E-state index contributed by atoms with van der Waals surface area (Å²) < 4.78 is 42.4. The zero-order valence-electron chi connectivity index (χ0n) is 21.3. The number of nitrogens with one attached hydrogen (secondary N) is 2. The lowest BCUT2D eigenvalue weighted by atomic mass is 10.1. The predicted molar refractivity (Wildman–Crippen MR) is 144 cm³/mol. The van der Waals surface area contributed by atoms with Gasteiger partial charge in [-0.1, -0.05) is 50.1 Å². The smallest absolute Gasteiger partial charge is 0.315 e.